The van der Waals surface area contributed by atoms with Crippen LogP contribution in [-0.2, 0) is 7.05 Å². The van der Waals surface area contributed by atoms with Crippen LogP contribution in [0.25, 0.3) is 0 Å². The van der Waals surface area contributed by atoms with Crippen LogP contribution in [-0.4, -0.2) is 41.9 Å². The maximum Gasteiger partial charge on any atom is 0.272 e. The van der Waals surface area contributed by atoms with Gasteiger partial charge in [-0.3, -0.25) is 9.48 Å². The smallest absolute Gasteiger partial charge is 0.272 e. The molecule has 0 aliphatic rings. The van der Waals surface area contributed by atoms with Crippen LogP contribution in [0.4, 0.5) is 0 Å². The predicted octanol–water partition coefficient (Wildman–Crippen LogP) is 3.39. The highest BCUT2D eigenvalue weighted by Crippen LogP contribution is 2.32. The van der Waals surface area contributed by atoms with Crippen molar-refractivity contribution in [1.82, 2.24) is 14.7 Å². The molecule has 0 bridgehead atoms. The number of ether oxygens (including phenoxy) is 2. The van der Waals surface area contributed by atoms with E-state index < -0.39 is 0 Å². The van der Waals surface area contributed by atoms with Crippen molar-refractivity contribution in [2.45, 2.75) is 32.7 Å². The van der Waals surface area contributed by atoms with Crippen molar-refractivity contribution in [1.29, 1.82) is 0 Å². The number of methoxy groups -OCH3 is 2. The number of aromatic nitrogens is 2. The fourth-order valence-electron chi connectivity index (χ4n) is 2.70. The zero-order valence-electron chi connectivity index (χ0n) is 16.0. The minimum absolute atomic E-state index is 0.0766. The second-order valence-electron chi connectivity index (χ2n) is 6.43. The standard InChI is InChI=1S/C19H27N3O3/c1-12(2)16-11-17(22(5)20-16)19(23)21(4)13(3)15-9-8-14(24-6)10-18(15)25-7/h8-13H,1-7H3/t13-/m0/s1. The average Bonchev–Trinajstić information content (AvgIpc) is 3.01. The fraction of sp³-hybridized carbons (Fsp3) is 0.474. The van der Waals surface area contributed by atoms with Gasteiger partial charge in [0.15, 0.2) is 0 Å². The highest BCUT2D eigenvalue weighted by atomic mass is 16.5. The Bertz CT molecular complexity index is 752. The van der Waals surface area contributed by atoms with E-state index in [9.17, 15) is 4.79 Å². The molecule has 6 nitrogen and oxygen atoms in total. The van der Waals surface area contributed by atoms with E-state index in [2.05, 4.69) is 18.9 Å². The van der Waals surface area contributed by atoms with Crippen LogP contribution in [0.3, 0.4) is 0 Å². The molecule has 0 spiro atoms. The van der Waals surface area contributed by atoms with E-state index in [1.165, 1.54) is 0 Å². The second kappa shape index (κ2) is 7.59. The van der Waals surface area contributed by atoms with Gasteiger partial charge < -0.3 is 14.4 Å². The minimum Gasteiger partial charge on any atom is -0.497 e. The van der Waals surface area contributed by atoms with Crippen LogP contribution in [0, 0.1) is 0 Å². The number of rotatable bonds is 6. The van der Waals surface area contributed by atoms with Crippen LogP contribution >= 0.6 is 0 Å². The van der Waals surface area contributed by atoms with Gasteiger partial charge in [0.25, 0.3) is 5.91 Å². The molecule has 0 saturated heterocycles. The maximum atomic E-state index is 12.9. The SMILES string of the molecule is COc1ccc([C@H](C)N(C)C(=O)c2cc(C(C)C)nn2C)c(OC)c1. The first-order valence-corrected chi connectivity index (χ1v) is 8.33. The van der Waals surface area contributed by atoms with Gasteiger partial charge in [-0.05, 0) is 31.0 Å². The summed E-state index contributed by atoms with van der Waals surface area (Å²) in [5, 5.41) is 4.43. The summed E-state index contributed by atoms with van der Waals surface area (Å²) >= 11 is 0. The number of nitrogens with zero attached hydrogens (tertiary/aromatic N) is 3. The van der Waals surface area contributed by atoms with Gasteiger partial charge in [-0.1, -0.05) is 13.8 Å². The first kappa shape index (κ1) is 18.8. The topological polar surface area (TPSA) is 56.6 Å². The molecular weight excluding hydrogens is 318 g/mol. The van der Waals surface area contributed by atoms with Gasteiger partial charge in [0.05, 0.1) is 26.0 Å². The monoisotopic (exact) mass is 345 g/mol. The van der Waals surface area contributed by atoms with Gasteiger partial charge in [0.2, 0.25) is 0 Å². The molecule has 2 rings (SSSR count). The van der Waals surface area contributed by atoms with Crippen LogP contribution in [0.2, 0.25) is 0 Å². The fourth-order valence-corrected chi connectivity index (χ4v) is 2.70. The summed E-state index contributed by atoms with van der Waals surface area (Å²) in [6.07, 6.45) is 0. The first-order valence-electron chi connectivity index (χ1n) is 8.33. The summed E-state index contributed by atoms with van der Waals surface area (Å²) in [6.45, 7) is 6.10. The number of benzene rings is 1. The van der Waals surface area contributed by atoms with Crippen LogP contribution < -0.4 is 9.47 Å². The van der Waals surface area contributed by atoms with Crippen LogP contribution in [0.5, 0.6) is 11.5 Å². The summed E-state index contributed by atoms with van der Waals surface area (Å²) in [6, 6.07) is 7.32. The molecular formula is C19H27N3O3. The molecule has 0 fully saturated rings. The van der Waals surface area contributed by atoms with Gasteiger partial charge in [0.1, 0.15) is 17.2 Å². The zero-order valence-corrected chi connectivity index (χ0v) is 16.0. The molecule has 1 heterocycles. The summed E-state index contributed by atoms with van der Waals surface area (Å²) in [7, 11) is 6.81. The van der Waals surface area contributed by atoms with Gasteiger partial charge in [-0.2, -0.15) is 5.10 Å². The number of amides is 1. The molecule has 1 atom stereocenters. The number of carbonyl (C=O) groups excluding carboxylic acids is 1. The first-order chi connectivity index (χ1) is 11.8. The largest absolute Gasteiger partial charge is 0.497 e. The third-order valence-electron chi connectivity index (χ3n) is 4.50. The summed E-state index contributed by atoms with van der Waals surface area (Å²) in [4.78, 5) is 14.6. The van der Waals surface area contributed by atoms with E-state index in [-0.39, 0.29) is 17.9 Å². The van der Waals surface area contributed by atoms with Crippen molar-refractivity contribution in [3.05, 3.63) is 41.2 Å². The highest BCUT2D eigenvalue weighted by molar-refractivity contribution is 5.92. The van der Waals surface area contributed by atoms with Crippen molar-refractivity contribution < 1.29 is 14.3 Å². The average molecular weight is 345 g/mol. The van der Waals surface area contributed by atoms with Crippen LogP contribution in [0.15, 0.2) is 24.3 Å². The Morgan fingerprint density at radius 3 is 2.36 bits per heavy atom. The number of hydrogen-bond acceptors (Lipinski definition) is 4. The van der Waals surface area contributed by atoms with E-state index in [0.717, 1.165) is 17.0 Å². The van der Waals surface area contributed by atoms with E-state index >= 15 is 0 Å². The molecule has 0 aliphatic carbocycles. The van der Waals surface area contributed by atoms with E-state index in [1.54, 1.807) is 37.9 Å². The quantitative estimate of drug-likeness (QED) is 0.805. The molecule has 1 aromatic heterocycles. The van der Waals surface area contributed by atoms with Crippen molar-refractivity contribution in [3.8, 4) is 11.5 Å². The van der Waals surface area contributed by atoms with E-state index in [1.807, 2.05) is 31.2 Å². The Morgan fingerprint density at radius 2 is 1.84 bits per heavy atom. The van der Waals surface area contributed by atoms with Crippen molar-refractivity contribution in [2.75, 3.05) is 21.3 Å². The van der Waals surface area contributed by atoms with Crippen molar-refractivity contribution in [3.63, 3.8) is 0 Å². The van der Waals surface area contributed by atoms with E-state index in [0.29, 0.717) is 11.4 Å². The zero-order chi connectivity index (χ0) is 18.7. The summed E-state index contributed by atoms with van der Waals surface area (Å²) < 4.78 is 12.4. The Kier molecular flexibility index (Phi) is 5.72. The van der Waals surface area contributed by atoms with Gasteiger partial charge in [0, 0.05) is 25.7 Å². The summed E-state index contributed by atoms with van der Waals surface area (Å²) in [5.41, 5.74) is 2.41. The lowest BCUT2D eigenvalue weighted by Crippen LogP contribution is -2.31. The van der Waals surface area contributed by atoms with Crippen LogP contribution in [0.1, 0.15) is 54.5 Å². The number of hydrogen-bond donors (Lipinski definition) is 0. The molecule has 0 radical (unpaired) electrons. The van der Waals surface area contributed by atoms with Gasteiger partial charge in [-0.15, -0.1) is 0 Å². The predicted molar refractivity (Wildman–Crippen MR) is 97.4 cm³/mol. The third kappa shape index (κ3) is 3.78. The lowest BCUT2D eigenvalue weighted by Gasteiger charge is -2.26. The highest BCUT2D eigenvalue weighted by Gasteiger charge is 2.25. The normalized spacial score (nSPS) is 12.2. The Labute approximate surface area is 149 Å². The molecule has 0 aliphatic heterocycles. The molecule has 0 saturated carbocycles. The van der Waals surface area contributed by atoms with Gasteiger partial charge in [-0.25, -0.2) is 0 Å². The molecule has 2 aromatic rings. The molecule has 6 heteroatoms. The Balaban J connectivity index is 2.30. The molecule has 1 amide bonds. The molecule has 1 aromatic carbocycles. The Morgan fingerprint density at radius 1 is 1.16 bits per heavy atom. The van der Waals surface area contributed by atoms with E-state index in [4.69, 9.17) is 9.47 Å². The maximum absolute atomic E-state index is 12.9. The second-order valence-corrected chi connectivity index (χ2v) is 6.43. The molecule has 25 heavy (non-hydrogen) atoms. The van der Waals surface area contributed by atoms with Gasteiger partial charge >= 0.3 is 0 Å². The van der Waals surface area contributed by atoms with Crippen molar-refractivity contribution >= 4 is 5.91 Å². The molecule has 0 unspecified atom stereocenters. The molecule has 0 N–H and O–H groups in total. The number of aryl methyl sites for hydroxylation is 1. The summed E-state index contributed by atoms with van der Waals surface area (Å²) in [5.74, 6) is 1.61. The Hall–Kier alpha value is -2.50. The number of carbonyl (C=O) groups is 1. The molecule has 136 valence electrons. The lowest BCUT2D eigenvalue weighted by molar-refractivity contribution is 0.0730. The minimum atomic E-state index is -0.161. The lowest BCUT2D eigenvalue weighted by atomic mass is 10.0. The third-order valence-corrected chi connectivity index (χ3v) is 4.50. The van der Waals surface area contributed by atoms with Crippen molar-refractivity contribution in [2.24, 2.45) is 7.05 Å².